The van der Waals surface area contributed by atoms with Gasteiger partial charge in [-0.3, -0.25) is 4.79 Å². The highest BCUT2D eigenvalue weighted by atomic mass is 32.2. The van der Waals surface area contributed by atoms with Crippen LogP contribution < -0.4 is 5.56 Å². The summed E-state index contributed by atoms with van der Waals surface area (Å²) in [5.74, 6) is -0.370. The molecule has 0 radical (unpaired) electrons. The molecule has 0 saturated heterocycles. The molecule has 0 aliphatic heterocycles. The molecule has 24 heavy (non-hydrogen) atoms. The van der Waals surface area contributed by atoms with Crippen LogP contribution in [0.15, 0.2) is 58.5 Å². The highest BCUT2D eigenvalue weighted by Gasteiger charge is 2.14. The smallest absolute Gasteiger partial charge is 0.265 e. The Morgan fingerprint density at radius 2 is 1.79 bits per heavy atom. The minimum atomic E-state index is -0.454. The normalized spacial score (nSPS) is 11.2. The Labute approximate surface area is 140 Å². The SMILES string of the molecule is CSc1nc2ccccc2c2nc(=O)c(-c3ccc(F)cc3)nn12. The van der Waals surface area contributed by atoms with Crippen LogP contribution in [0.25, 0.3) is 27.8 Å². The van der Waals surface area contributed by atoms with Gasteiger partial charge in [0.25, 0.3) is 5.56 Å². The minimum absolute atomic E-state index is 0.167. The van der Waals surface area contributed by atoms with Crippen LogP contribution in [0.3, 0.4) is 0 Å². The van der Waals surface area contributed by atoms with Crippen molar-refractivity contribution in [1.29, 1.82) is 0 Å². The molecular weight excluding hydrogens is 327 g/mol. The maximum absolute atomic E-state index is 13.1. The zero-order valence-electron chi connectivity index (χ0n) is 12.6. The zero-order valence-corrected chi connectivity index (χ0v) is 13.4. The summed E-state index contributed by atoms with van der Waals surface area (Å²) in [7, 11) is 0. The summed E-state index contributed by atoms with van der Waals surface area (Å²) in [6.07, 6.45) is 1.88. The van der Waals surface area contributed by atoms with E-state index in [-0.39, 0.29) is 11.5 Å². The van der Waals surface area contributed by atoms with E-state index in [2.05, 4.69) is 15.1 Å². The molecule has 0 atom stereocenters. The fourth-order valence-corrected chi connectivity index (χ4v) is 3.02. The lowest BCUT2D eigenvalue weighted by molar-refractivity contribution is 0.628. The van der Waals surface area contributed by atoms with Gasteiger partial charge in [0.2, 0.25) is 0 Å². The van der Waals surface area contributed by atoms with E-state index in [1.807, 2.05) is 30.5 Å². The number of halogens is 1. The van der Waals surface area contributed by atoms with E-state index < -0.39 is 5.56 Å². The third-order valence-electron chi connectivity index (χ3n) is 3.65. The van der Waals surface area contributed by atoms with E-state index in [1.54, 1.807) is 4.52 Å². The van der Waals surface area contributed by atoms with E-state index in [4.69, 9.17) is 0 Å². The first-order chi connectivity index (χ1) is 11.7. The van der Waals surface area contributed by atoms with Gasteiger partial charge in [-0.1, -0.05) is 23.9 Å². The molecule has 0 amide bonds. The van der Waals surface area contributed by atoms with Crippen LogP contribution in [0.4, 0.5) is 4.39 Å². The van der Waals surface area contributed by atoms with Crippen LogP contribution in [-0.2, 0) is 0 Å². The summed E-state index contributed by atoms with van der Waals surface area (Å²) in [5.41, 5.74) is 1.44. The second-order valence-corrected chi connectivity index (χ2v) is 5.90. The number of fused-ring (bicyclic) bond motifs is 3. The summed E-state index contributed by atoms with van der Waals surface area (Å²) < 4.78 is 14.7. The van der Waals surface area contributed by atoms with Gasteiger partial charge >= 0.3 is 0 Å². The molecule has 0 aliphatic rings. The standard InChI is InChI=1S/C17H11FN4OS/c1-24-17-19-13-5-3-2-4-12(13)15-20-16(23)14(21-22(15)17)10-6-8-11(18)9-7-10/h2-9H,1H3. The highest BCUT2D eigenvalue weighted by Crippen LogP contribution is 2.22. The Morgan fingerprint density at radius 1 is 1.04 bits per heavy atom. The van der Waals surface area contributed by atoms with Gasteiger partial charge in [-0.15, -0.1) is 0 Å². The van der Waals surface area contributed by atoms with Gasteiger partial charge in [-0.25, -0.2) is 9.37 Å². The number of thioether (sulfide) groups is 1. The van der Waals surface area contributed by atoms with Crippen molar-refractivity contribution in [2.24, 2.45) is 0 Å². The first-order valence-electron chi connectivity index (χ1n) is 7.17. The number of rotatable bonds is 2. The van der Waals surface area contributed by atoms with E-state index in [9.17, 15) is 9.18 Å². The molecular formula is C17H11FN4OS. The van der Waals surface area contributed by atoms with Gasteiger partial charge in [-0.05, 0) is 42.7 Å². The molecule has 0 saturated carbocycles. The van der Waals surface area contributed by atoms with Gasteiger partial charge in [0.1, 0.15) is 5.82 Å². The van der Waals surface area contributed by atoms with Crippen LogP contribution in [0, 0.1) is 5.82 Å². The van der Waals surface area contributed by atoms with Crippen LogP contribution in [0.2, 0.25) is 0 Å². The Hall–Kier alpha value is -2.80. The highest BCUT2D eigenvalue weighted by molar-refractivity contribution is 7.98. The molecule has 2 heterocycles. The molecule has 0 unspecified atom stereocenters. The third-order valence-corrected chi connectivity index (χ3v) is 4.28. The van der Waals surface area contributed by atoms with Crippen molar-refractivity contribution >= 4 is 28.3 Å². The van der Waals surface area contributed by atoms with E-state index in [0.29, 0.717) is 16.4 Å². The topological polar surface area (TPSA) is 60.2 Å². The van der Waals surface area contributed by atoms with Crippen LogP contribution in [-0.4, -0.2) is 25.8 Å². The fourth-order valence-electron chi connectivity index (χ4n) is 2.53. The predicted octanol–water partition coefficient (Wildman–Crippen LogP) is 3.17. The molecule has 0 fully saturated rings. The van der Waals surface area contributed by atoms with Crippen molar-refractivity contribution < 1.29 is 4.39 Å². The molecule has 0 bridgehead atoms. The Balaban J connectivity index is 2.09. The largest absolute Gasteiger partial charge is 0.300 e. The first kappa shape index (κ1) is 14.8. The lowest BCUT2D eigenvalue weighted by Gasteiger charge is -2.09. The molecule has 5 nitrogen and oxygen atoms in total. The molecule has 4 rings (SSSR count). The molecule has 118 valence electrons. The number of hydrogen-bond acceptors (Lipinski definition) is 5. The number of hydrogen-bond donors (Lipinski definition) is 0. The minimum Gasteiger partial charge on any atom is -0.265 e. The third kappa shape index (κ3) is 2.33. The Kier molecular flexibility index (Phi) is 3.50. The summed E-state index contributed by atoms with van der Waals surface area (Å²) in [6.45, 7) is 0. The molecule has 0 spiro atoms. The van der Waals surface area contributed by atoms with Gasteiger partial charge in [0.15, 0.2) is 16.5 Å². The van der Waals surface area contributed by atoms with E-state index in [0.717, 1.165) is 10.9 Å². The number of para-hydroxylation sites is 1. The van der Waals surface area contributed by atoms with Crippen molar-refractivity contribution in [3.63, 3.8) is 0 Å². The van der Waals surface area contributed by atoms with Gasteiger partial charge in [-0.2, -0.15) is 14.6 Å². The molecule has 0 N–H and O–H groups in total. The molecule has 4 aromatic rings. The van der Waals surface area contributed by atoms with Crippen molar-refractivity contribution in [3.8, 4) is 11.3 Å². The van der Waals surface area contributed by atoms with Crippen molar-refractivity contribution in [2.45, 2.75) is 5.16 Å². The predicted molar refractivity (Wildman–Crippen MR) is 91.7 cm³/mol. The van der Waals surface area contributed by atoms with E-state index in [1.165, 1.54) is 36.0 Å². The maximum atomic E-state index is 13.1. The second kappa shape index (κ2) is 5.68. The average molecular weight is 338 g/mol. The maximum Gasteiger partial charge on any atom is 0.300 e. The zero-order chi connectivity index (χ0) is 16.7. The van der Waals surface area contributed by atoms with Crippen molar-refractivity contribution in [2.75, 3.05) is 6.26 Å². The lowest BCUT2D eigenvalue weighted by Crippen LogP contribution is -2.17. The summed E-state index contributed by atoms with van der Waals surface area (Å²) in [4.78, 5) is 21.2. The van der Waals surface area contributed by atoms with Crippen LogP contribution in [0.1, 0.15) is 0 Å². The molecule has 0 aliphatic carbocycles. The second-order valence-electron chi connectivity index (χ2n) is 5.12. The number of benzene rings is 2. The Morgan fingerprint density at radius 3 is 2.54 bits per heavy atom. The average Bonchev–Trinajstić information content (AvgIpc) is 2.61. The van der Waals surface area contributed by atoms with Gasteiger partial charge in [0.05, 0.1) is 5.52 Å². The van der Waals surface area contributed by atoms with Crippen molar-refractivity contribution in [1.82, 2.24) is 19.6 Å². The quantitative estimate of drug-likeness (QED) is 0.319. The number of nitrogens with zero attached hydrogens (tertiary/aromatic N) is 4. The molecule has 2 aromatic heterocycles. The van der Waals surface area contributed by atoms with Gasteiger partial charge in [0, 0.05) is 10.9 Å². The first-order valence-corrected chi connectivity index (χ1v) is 8.39. The van der Waals surface area contributed by atoms with E-state index >= 15 is 0 Å². The number of aromatic nitrogens is 4. The molecule has 7 heteroatoms. The molecule has 2 aromatic carbocycles. The summed E-state index contributed by atoms with van der Waals surface area (Å²) >= 11 is 1.41. The summed E-state index contributed by atoms with van der Waals surface area (Å²) in [5, 5.41) is 5.81. The summed E-state index contributed by atoms with van der Waals surface area (Å²) in [6, 6.07) is 13.1. The van der Waals surface area contributed by atoms with Gasteiger partial charge < -0.3 is 0 Å². The van der Waals surface area contributed by atoms with Crippen LogP contribution >= 0.6 is 11.8 Å². The Bertz CT molecular complexity index is 1130. The monoisotopic (exact) mass is 338 g/mol. The fraction of sp³-hybridized carbons (Fsp3) is 0.0588. The van der Waals surface area contributed by atoms with Crippen LogP contribution in [0.5, 0.6) is 0 Å². The lowest BCUT2D eigenvalue weighted by atomic mass is 10.1. The van der Waals surface area contributed by atoms with Crippen molar-refractivity contribution in [3.05, 3.63) is 64.7 Å².